The second-order valence-corrected chi connectivity index (χ2v) is 4.13. The molecule has 8 heteroatoms. The molecule has 0 saturated heterocycles. The van der Waals surface area contributed by atoms with Crippen molar-refractivity contribution in [1.29, 1.82) is 0 Å². The van der Waals surface area contributed by atoms with Crippen LogP contribution in [-0.2, 0) is 20.0 Å². The van der Waals surface area contributed by atoms with Gasteiger partial charge in [-0.2, -0.15) is 0 Å². The highest BCUT2D eigenvalue weighted by Crippen LogP contribution is 1.94. The van der Waals surface area contributed by atoms with E-state index in [2.05, 4.69) is 15.2 Å². The van der Waals surface area contributed by atoms with E-state index in [0.29, 0.717) is 12.2 Å². The first-order chi connectivity index (χ1) is 9.00. The van der Waals surface area contributed by atoms with Crippen molar-refractivity contribution in [1.82, 2.24) is 24.3 Å². The van der Waals surface area contributed by atoms with Crippen molar-refractivity contribution in [2.45, 2.75) is 19.9 Å². The number of aromatic nitrogens is 5. The molecule has 2 heterocycles. The molecule has 0 bridgehead atoms. The third-order valence-electron chi connectivity index (χ3n) is 2.80. The first kappa shape index (κ1) is 12.9. The smallest absolute Gasteiger partial charge is 0.321 e. The van der Waals surface area contributed by atoms with Crippen LogP contribution in [0.25, 0.3) is 0 Å². The average Bonchev–Trinajstić information content (AvgIpc) is 2.74. The Morgan fingerprint density at radius 2 is 2.16 bits per heavy atom. The molecule has 2 aromatic rings. The number of carbonyl (C=O) groups is 1. The van der Waals surface area contributed by atoms with Gasteiger partial charge in [0.1, 0.15) is 12.2 Å². The van der Waals surface area contributed by atoms with Gasteiger partial charge in [-0.25, -0.2) is 4.79 Å². The van der Waals surface area contributed by atoms with Gasteiger partial charge >= 0.3 is 5.69 Å². The van der Waals surface area contributed by atoms with Crippen molar-refractivity contribution in [3.63, 3.8) is 0 Å². The number of nitrogens with one attached hydrogen (secondary N) is 1. The molecular formula is C11H13N5O3. The van der Waals surface area contributed by atoms with Gasteiger partial charge in [0.25, 0.3) is 5.56 Å². The number of aryl methyl sites for hydroxylation is 2. The van der Waals surface area contributed by atoms with Crippen LogP contribution < -0.4 is 11.2 Å². The fourth-order valence-electron chi connectivity index (χ4n) is 1.71. The van der Waals surface area contributed by atoms with Gasteiger partial charge in [0.05, 0.1) is 5.56 Å². The van der Waals surface area contributed by atoms with Gasteiger partial charge in [-0.1, -0.05) is 0 Å². The van der Waals surface area contributed by atoms with Crippen LogP contribution in [0.3, 0.4) is 0 Å². The molecule has 0 unspecified atom stereocenters. The Morgan fingerprint density at radius 3 is 2.74 bits per heavy atom. The van der Waals surface area contributed by atoms with E-state index in [0.717, 1.165) is 10.8 Å². The summed E-state index contributed by atoms with van der Waals surface area (Å²) in [5.41, 5.74) is -1.16. The minimum absolute atomic E-state index is 0.0300. The lowest BCUT2D eigenvalue weighted by molar-refractivity contribution is 0.101. The molecule has 0 atom stereocenters. The van der Waals surface area contributed by atoms with E-state index in [1.165, 1.54) is 13.3 Å². The van der Waals surface area contributed by atoms with Crippen molar-refractivity contribution < 1.29 is 4.79 Å². The Kier molecular flexibility index (Phi) is 3.41. The van der Waals surface area contributed by atoms with Crippen molar-refractivity contribution in [3.05, 3.63) is 44.8 Å². The molecule has 0 radical (unpaired) electrons. The van der Waals surface area contributed by atoms with Crippen LogP contribution in [0.1, 0.15) is 23.1 Å². The van der Waals surface area contributed by atoms with Gasteiger partial charge < -0.3 is 9.55 Å². The van der Waals surface area contributed by atoms with Crippen molar-refractivity contribution >= 4 is 5.78 Å². The number of aromatic amines is 1. The summed E-state index contributed by atoms with van der Waals surface area (Å²) in [7, 11) is 1.77. The Bertz CT molecular complexity index is 724. The van der Waals surface area contributed by atoms with Crippen molar-refractivity contribution in [2.75, 3.05) is 0 Å². The van der Waals surface area contributed by atoms with Gasteiger partial charge in [-0.3, -0.25) is 14.2 Å². The Balaban J connectivity index is 2.33. The summed E-state index contributed by atoms with van der Waals surface area (Å²) in [4.78, 5) is 37.2. The van der Waals surface area contributed by atoms with Gasteiger partial charge in [0.2, 0.25) is 0 Å². The van der Waals surface area contributed by atoms with Gasteiger partial charge in [-0.15, -0.1) is 10.2 Å². The molecule has 2 rings (SSSR count). The maximum Gasteiger partial charge on any atom is 0.328 e. The van der Waals surface area contributed by atoms with Crippen molar-refractivity contribution in [2.24, 2.45) is 7.05 Å². The summed E-state index contributed by atoms with van der Waals surface area (Å²) < 4.78 is 2.69. The zero-order valence-corrected chi connectivity index (χ0v) is 10.6. The zero-order valence-electron chi connectivity index (χ0n) is 10.6. The van der Waals surface area contributed by atoms with Crippen LogP contribution in [0.4, 0.5) is 0 Å². The molecular weight excluding hydrogens is 250 g/mol. The summed E-state index contributed by atoms with van der Waals surface area (Å²) in [6.07, 6.45) is 3.06. The van der Waals surface area contributed by atoms with Crippen LogP contribution in [0, 0.1) is 0 Å². The fraction of sp³-hybridized carbons (Fsp3) is 0.364. The SMILES string of the molecule is CC(=O)c1c[nH]c(=O)n(CCc2nncn2C)c1=O. The maximum atomic E-state index is 12.0. The quantitative estimate of drug-likeness (QED) is 0.721. The molecule has 8 nitrogen and oxygen atoms in total. The highest BCUT2D eigenvalue weighted by atomic mass is 16.2. The second kappa shape index (κ2) is 5.01. The molecule has 2 aromatic heterocycles. The monoisotopic (exact) mass is 263 g/mol. The standard InChI is InChI=1S/C11H13N5O3/c1-7(17)8-5-12-11(19)16(10(8)18)4-3-9-14-13-6-15(9)2/h5-6H,3-4H2,1-2H3,(H,12,19). The molecule has 1 N–H and O–H groups in total. The predicted octanol–water partition coefficient (Wildman–Crippen LogP) is -0.890. The van der Waals surface area contributed by atoms with Crippen LogP contribution in [0.5, 0.6) is 0 Å². The summed E-state index contributed by atoms with van der Waals surface area (Å²) in [5, 5.41) is 7.58. The van der Waals surface area contributed by atoms with Gasteiger partial charge in [0, 0.05) is 26.2 Å². The number of H-pyrrole nitrogens is 1. The molecule has 0 aliphatic heterocycles. The number of ketones is 1. The number of Topliss-reactive ketones (excluding diaryl/α,β-unsaturated/α-hetero) is 1. The number of carbonyl (C=O) groups excluding carboxylic acids is 1. The molecule has 0 aliphatic rings. The number of rotatable bonds is 4. The first-order valence-corrected chi connectivity index (χ1v) is 5.67. The van der Waals surface area contributed by atoms with Crippen LogP contribution in [0.15, 0.2) is 22.1 Å². The van der Waals surface area contributed by atoms with Crippen LogP contribution in [-0.4, -0.2) is 30.1 Å². The van der Waals surface area contributed by atoms with E-state index in [4.69, 9.17) is 0 Å². The zero-order chi connectivity index (χ0) is 14.0. The summed E-state index contributed by atoms with van der Waals surface area (Å²) >= 11 is 0. The molecule has 0 saturated carbocycles. The minimum Gasteiger partial charge on any atom is -0.321 e. The van der Waals surface area contributed by atoms with Gasteiger partial charge in [-0.05, 0) is 6.92 Å². The third-order valence-corrected chi connectivity index (χ3v) is 2.80. The predicted molar refractivity (Wildman–Crippen MR) is 66.0 cm³/mol. The van der Waals surface area contributed by atoms with Crippen molar-refractivity contribution in [3.8, 4) is 0 Å². The Morgan fingerprint density at radius 1 is 1.42 bits per heavy atom. The first-order valence-electron chi connectivity index (χ1n) is 5.67. The lowest BCUT2D eigenvalue weighted by atomic mass is 10.2. The molecule has 0 amide bonds. The summed E-state index contributed by atoms with van der Waals surface area (Å²) in [5.74, 6) is 0.271. The molecule has 100 valence electrons. The average molecular weight is 263 g/mol. The maximum absolute atomic E-state index is 12.0. The van der Waals surface area contributed by atoms with E-state index >= 15 is 0 Å². The van der Waals surface area contributed by atoms with E-state index in [-0.39, 0.29) is 17.9 Å². The Hall–Kier alpha value is -2.51. The van der Waals surface area contributed by atoms with E-state index in [1.807, 2.05) is 0 Å². The largest absolute Gasteiger partial charge is 0.328 e. The molecule has 0 aliphatic carbocycles. The second-order valence-electron chi connectivity index (χ2n) is 4.13. The molecule has 0 aromatic carbocycles. The van der Waals surface area contributed by atoms with Crippen LogP contribution in [0.2, 0.25) is 0 Å². The fourth-order valence-corrected chi connectivity index (χ4v) is 1.71. The third kappa shape index (κ3) is 2.51. The minimum atomic E-state index is -0.585. The van der Waals surface area contributed by atoms with Crippen LogP contribution >= 0.6 is 0 Å². The van der Waals surface area contributed by atoms with E-state index in [9.17, 15) is 14.4 Å². The van der Waals surface area contributed by atoms with Gasteiger partial charge in [0.15, 0.2) is 5.78 Å². The highest BCUT2D eigenvalue weighted by molar-refractivity contribution is 5.93. The lowest BCUT2D eigenvalue weighted by Gasteiger charge is -2.05. The van der Waals surface area contributed by atoms with E-state index < -0.39 is 11.2 Å². The molecule has 0 fully saturated rings. The molecule has 0 spiro atoms. The number of hydrogen-bond acceptors (Lipinski definition) is 5. The normalized spacial score (nSPS) is 10.6. The topological polar surface area (TPSA) is 103 Å². The number of hydrogen-bond donors (Lipinski definition) is 1. The lowest BCUT2D eigenvalue weighted by Crippen LogP contribution is -2.38. The van der Waals surface area contributed by atoms with E-state index in [1.54, 1.807) is 11.6 Å². The Labute approximate surface area is 107 Å². The summed E-state index contributed by atoms with van der Waals surface area (Å²) in [6, 6.07) is 0. The molecule has 19 heavy (non-hydrogen) atoms. The highest BCUT2D eigenvalue weighted by Gasteiger charge is 2.11. The summed E-state index contributed by atoms with van der Waals surface area (Å²) in [6.45, 7) is 1.42. The number of nitrogens with zero attached hydrogens (tertiary/aromatic N) is 4.